The number of hydrogen-bond acceptors (Lipinski definition) is 4. The molecule has 1 aromatic carbocycles. The van der Waals surface area contributed by atoms with Gasteiger partial charge in [0.15, 0.2) is 0 Å². The van der Waals surface area contributed by atoms with E-state index in [9.17, 15) is 9.90 Å². The maximum absolute atomic E-state index is 12.0. The van der Waals surface area contributed by atoms with Crippen molar-refractivity contribution in [3.8, 4) is 5.75 Å². The van der Waals surface area contributed by atoms with Crippen molar-refractivity contribution >= 4 is 5.91 Å². The Kier molecular flexibility index (Phi) is 6.68. The van der Waals surface area contributed by atoms with E-state index in [-0.39, 0.29) is 18.6 Å². The molecule has 0 radical (unpaired) electrons. The SMILES string of the molecule is COc1ccc(CNC(=O)CCN2CCCC[C@@H]2CO)cc1. The molecule has 0 bridgehead atoms. The summed E-state index contributed by atoms with van der Waals surface area (Å²) in [4.78, 5) is 14.2. The number of carbonyl (C=O) groups is 1. The highest BCUT2D eigenvalue weighted by Gasteiger charge is 2.21. The van der Waals surface area contributed by atoms with Crippen LogP contribution in [0.2, 0.25) is 0 Å². The maximum Gasteiger partial charge on any atom is 0.221 e. The number of nitrogens with one attached hydrogen (secondary N) is 1. The van der Waals surface area contributed by atoms with Crippen LogP contribution in [0, 0.1) is 0 Å². The van der Waals surface area contributed by atoms with Crippen LogP contribution in [0.4, 0.5) is 0 Å². The maximum atomic E-state index is 12.0. The Morgan fingerprint density at radius 3 is 2.82 bits per heavy atom. The number of nitrogens with zero attached hydrogens (tertiary/aromatic N) is 1. The molecule has 122 valence electrons. The molecule has 1 amide bonds. The average Bonchev–Trinajstić information content (AvgIpc) is 2.58. The van der Waals surface area contributed by atoms with E-state index in [2.05, 4.69) is 10.2 Å². The Labute approximate surface area is 132 Å². The summed E-state index contributed by atoms with van der Waals surface area (Å²) in [5.41, 5.74) is 1.06. The third kappa shape index (κ3) is 5.00. The molecule has 22 heavy (non-hydrogen) atoms. The third-order valence-electron chi connectivity index (χ3n) is 4.23. The molecule has 1 fully saturated rings. The summed E-state index contributed by atoms with van der Waals surface area (Å²) in [6, 6.07) is 7.90. The van der Waals surface area contributed by atoms with Gasteiger partial charge in [-0.3, -0.25) is 9.69 Å². The van der Waals surface area contributed by atoms with Crippen molar-refractivity contribution in [3.63, 3.8) is 0 Å². The summed E-state index contributed by atoms with van der Waals surface area (Å²) >= 11 is 0. The smallest absolute Gasteiger partial charge is 0.221 e. The summed E-state index contributed by atoms with van der Waals surface area (Å²) in [6.45, 7) is 2.43. The summed E-state index contributed by atoms with van der Waals surface area (Å²) in [6.07, 6.45) is 3.84. The number of piperidine rings is 1. The number of aliphatic hydroxyl groups excluding tert-OH is 1. The largest absolute Gasteiger partial charge is 0.497 e. The van der Waals surface area contributed by atoms with Gasteiger partial charge in [-0.15, -0.1) is 0 Å². The number of carbonyl (C=O) groups excluding carboxylic acids is 1. The van der Waals surface area contributed by atoms with Gasteiger partial charge in [0.25, 0.3) is 0 Å². The summed E-state index contributed by atoms with van der Waals surface area (Å²) < 4.78 is 5.11. The molecule has 5 heteroatoms. The molecular weight excluding hydrogens is 280 g/mol. The minimum absolute atomic E-state index is 0.0538. The van der Waals surface area contributed by atoms with Gasteiger partial charge in [0.05, 0.1) is 13.7 Å². The van der Waals surface area contributed by atoms with Crippen LogP contribution in [-0.4, -0.2) is 48.8 Å². The zero-order valence-electron chi connectivity index (χ0n) is 13.3. The second kappa shape index (κ2) is 8.76. The highest BCUT2D eigenvalue weighted by Crippen LogP contribution is 2.16. The van der Waals surface area contributed by atoms with E-state index < -0.39 is 0 Å². The zero-order valence-corrected chi connectivity index (χ0v) is 13.3. The van der Waals surface area contributed by atoms with Crippen LogP contribution in [0.1, 0.15) is 31.2 Å². The number of ether oxygens (including phenoxy) is 1. The van der Waals surface area contributed by atoms with Crippen molar-refractivity contribution in [1.29, 1.82) is 0 Å². The van der Waals surface area contributed by atoms with Crippen LogP contribution in [0.3, 0.4) is 0 Å². The van der Waals surface area contributed by atoms with E-state index in [4.69, 9.17) is 4.74 Å². The molecule has 1 aromatic rings. The Morgan fingerprint density at radius 2 is 2.14 bits per heavy atom. The van der Waals surface area contributed by atoms with Gasteiger partial charge in [-0.2, -0.15) is 0 Å². The number of amides is 1. The monoisotopic (exact) mass is 306 g/mol. The van der Waals surface area contributed by atoms with Crippen molar-refractivity contribution in [2.75, 3.05) is 26.8 Å². The third-order valence-corrected chi connectivity index (χ3v) is 4.23. The van der Waals surface area contributed by atoms with Crippen LogP contribution >= 0.6 is 0 Å². The van der Waals surface area contributed by atoms with Crippen molar-refractivity contribution in [1.82, 2.24) is 10.2 Å². The van der Waals surface area contributed by atoms with E-state index in [0.29, 0.717) is 13.0 Å². The van der Waals surface area contributed by atoms with Crippen LogP contribution in [0.5, 0.6) is 5.75 Å². The molecular formula is C17H26N2O3. The Hall–Kier alpha value is -1.59. The Bertz CT molecular complexity index is 461. The first-order valence-electron chi connectivity index (χ1n) is 7.97. The molecule has 0 unspecified atom stereocenters. The molecule has 2 N–H and O–H groups in total. The summed E-state index contributed by atoms with van der Waals surface area (Å²) in [5.74, 6) is 0.869. The molecule has 1 aliphatic heterocycles. The number of aliphatic hydroxyl groups is 1. The molecule has 1 atom stereocenters. The molecule has 5 nitrogen and oxygen atoms in total. The van der Waals surface area contributed by atoms with Gasteiger partial charge in [-0.05, 0) is 37.1 Å². The first-order valence-corrected chi connectivity index (χ1v) is 7.97. The zero-order chi connectivity index (χ0) is 15.8. The van der Waals surface area contributed by atoms with Crippen molar-refractivity contribution < 1.29 is 14.6 Å². The number of benzene rings is 1. The quantitative estimate of drug-likeness (QED) is 0.802. The molecule has 0 aromatic heterocycles. The molecule has 0 spiro atoms. The Balaban J connectivity index is 1.70. The van der Waals surface area contributed by atoms with Gasteiger partial charge >= 0.3 is 0 Å². The van der Waals surface area contributed by atoms with Gasteiger partial charge in [-0.1, -0.05) is 18.6 Å². The van der Waals surface area contributed by atoms with Crippen LogP contribution in [0.25, 0.3) is 0 Å². The minimum Gasteiger partial charge on any atom is -0.497 e. The molecule has 0 saturated carbocycles. The highest BCUT2D eigenvalue weighted by atomic mass is 16.5. The van der Waals surface area contributed by atoms with Gasteiger partial charge in [0, 0.05) is 25.6 Å². The summed E-state index contributed by atoms with van der Waals surface area (Å²) in [7, 11) is 1.64. The lowest BCUT2D eigenvalue weighted by molar-refractivity contribution is -0.121. The standard InChI is InChI=1S/C17H26N2O3/c1-22-16-7-5-14(6-8-16)12-18-17(21)9-11-19-10-3-2-4-15(19)13-20/h5-8,15,20H,2-4,9-13H2,1H3,(H,18,21)/t15-/m1/s1. The Morgan fingerprint density at radius 1 is 1.36 bits per heavy atom. The van der Waals surface area contributed by atoms with Crippen molar-refractivity contribution in [2.45, 2.75) is 38.3 Å². The first-order chi connectivity index (χ1) is 10.7. The van der Waals surface area contributed by atoms with E-state index in [1.807, 2.05) is 24.3 Å². The van der Waals surface area contributed by atoms with Gasteiger partial charge in [0.2, 0.25) is 5.91 Å². The average molecular weight is 306 g/mol. The lowest BCUT2D eigenvalue weighted by Crippen LogP contribution is -2.43. The van der Waals surface area contributed by atoms with Crippen molar-refractivity contribution in [3.05, 3.63) is 29.8 Å². The predicted octanol–water partition coefficient (Wildman–Crippen LogP) is 1.55. The number of hydrogen-bond donors (Lipinski definition) is 2. The van der Waals surface area contributed by atoms with Gasteiger partial charge in [0.1, 0.15) is 5.75 Å². The fourth-order valence-corrected chi connectivity index (χ4v) is 2.84. The molecule has 1 aliphatic rings. The topological polar surface area (TPSA) is 61.8 Å². The second-order valence-corrected chi connectivity index (χ2v) is 5.74. The normalized spacial score (nSPS) is 18.9. The fraction of sp³-hybridized carbons (Fsp3) is 0.588. The molecule has 1 heterocycles. The molecule has 2 rings (SSSR count). The van der Waals surface area contributed by atoms with Crippen molar-refractivity contribution in [2.24, 2.45) is 0 Å². The number of likely N-dealkylation sites (tertiary alicyclic amines) is 1. The van der Waals surface area contributed by atoms with Crippen LogP contribution < -0.4 is 10.1 Å². The van der Waals surface area contributed by atoms with Gasteiger partial charge < -0.3 is 15.2 Å². The highest BCUT2D eigenvalue weighted by molar-refractivity contribution is 5.76. The van der Waals surface area contributed by atoms with E-state index in [1.54, 1.807) is 7.11 Å². The van der Waals surface area contributed by atoms with E-state index in [1.165, 1.54) is 6.42 Å². The second-order valence-electron chi connectivity index (χ2n) is 5.74. The minimum atomic E-state index is 0.0538. The fourth-order valence-electron chi connectivity index (χ4n) is 2.84. The lowest BCUT2D eigenvalue weighted by Gasteiger charge is -2.34. The lowest BCUT2D eigenvalue weighted by atomic mass is 10.0. The number of rotatable bonds is 7. The summed E-state index contributed by atoms with van der Waals surface area (Å²) in [5, 5.41) is 12.3. The molecule has 0 aliphatic carbocycles. The van der Waals surface area contributed by atoms with E-state index >= 15 is 0 Å². The van der Waals surface area contributed by atoms with Crippen LogP contribution in [0.15, 0.2) is 24.3 Å². The first kappa shape index (κ1) is 16.8. The predicted molar refractivity (Wildman–Crippen MR) is 85.8 cm³/mol. The van der Waals surface area contributed by atoms with Gasteiger partial charge in [-0.25, -0.2) is 0 Å². The van der Waals surface area contributed by atoms with Crippen LogP contribution in [-0.2, 0) is 11.3 Å². The molecule has 1 saturated heterocycles. The number of methoxy groups -OCH3 is 1. The van der Waals surface area contributed by atoms with E-state index in [0.717, 1.165) is 37.2 Å².